The van der Waals surface area contributed by atoms with Gasteiger partial charge in [-0.25, -0.2) is 0 Å². The first kappa shape index (κ1) is 14.9. The third kappa shape index (κ3) is 4.50. The topological polar surface area (TPSA) is 29.3 Å². The lowest BCUT2D eigenvalue weighted by molar-refractivity contribution is 0.271. The van der Waals surface area contributed by atoms with Gasteiger partial charge in [0, 0.05) is 16.7 Å². The van der Waals surface area contributed by atoms with E-state index < -0.39 is 0 Å². The summed E-state index contributed by atoms with van der Waals surface area (Å²) in [6.45, 7) is 5.81. The molecule has 1 atom stereocenters. The Morgan fingerprint density at radius 2 is 2.16 bits per heavy atom. The molecule has 1 unspecified atom stereocenters. The van der Waals surface area contributed by atoms with Crippen LogP contribution in [0.15, 0.2) is 22.7 Å². The van der Waals surface area contributed by atoms with Crippen LogP contribution in [0.4, 0.5) is 5.69 Å². The van der Waals surface area contributed by atoms with Crippen molar-refractivity contribution >= 4 is 21.6 Å². The lowest BCUT2D eigenvalue weighted by Gasteiger charge is -2.20. The van der Waals surface area contributed by atoms with E-state index in [9.17, 15) is 0 Å². The first-order chi connectivity index (χ1) is 9.19. The van der Waals surface area contributed by atoms with Crippen molar-refractivity contribution in [1.82, 2.24) is 4.90 Å². The van der Waals surface area contributed by atoms with E-state index in [1.165, 1.54) is 50.8 Å². The SMILES string of the molecule is CCCC1CCCN(Cc2ccc(Br)c(N)c2)CC1. The van der Waals surface area contributed by atoms with Crippen molar-refractivity contribution in [3.63, 3.8) is 0 Å². The zero-order chi connectivity index (χ0) is 13.7. The number of nitrogen functional groups attached to an aromatic ring is 1. The highest BCUT2D eigenvalue weighted by Gasteiger charge is 2.16. The van der Waals surface area contributed by atoms with Crippen LogP contribution in [0.2, 0.25) is 0 Å². The van der Waals surface area contributed by atoms with Crippen molar-refractivity contribution in [2.45, 2.75) is 45.6 Å². The van der Waals surface area contributed by atoms with Crippen LogP contribution in [0.3, 0.4) is 0 Å². The van der Waals surface area contributed by atoms with Crippen molar-refractivity contribution < 1.29 is 0 Å². The van der Waals surface area contributed by atoms with Crippen LogP contribution >= 0.6 is 15.9 Å². The maximum Gasteiger partial charge on any atom is 0.0461 e. The van der Waals surface area contributed by atoms with E-state index in [0.717, 1.165) is 22.6 Å². The lowest BCUT2D eigenvalue weighted by Crippen LogP contribution is -2.24. The minimum Gasteiger partial charge on any atom is -0.398 e. The van der Waals surface area contributed by atoms with Crippen LogP contribution in [0, 0.1) is 5.92 Å². The van der Waals surface area contributed by atoms with Gasteiger partial charge in [-0.3, -0.25) is 4.90 Å². The molecule has 0 aromatic heterocycles. The Kier molecular flexibility index (Phi) is 5.71. The zero-order valence-corrected chi connectivity index (χ0v) is 13.5. The number of nitrogens with two attached hydrogens (primary N) is 1. The number of likely N-dealkylation sites (tertiary alicyclic amines) is 1. The summed E-state index contributed by atoms with van der Waals surface area (Å²) in [6, 6.07) is 6.33. The van der Waals surface area contributed by atoms with Crippen molar-refractivity contribution in [3.8, 4) is 0 Å². The Balaban J connectivity index is 1.90. The van der Waals surface area contributed by atoms with Gasteiger partial charge in [0.2, 0.25) is 0 Å². The molecule has 0 bridgehead atoms. The highest BCUT2D eigenvalue weighted by atomic mass is 79.9. The lowest BCUT2D eigenvalue weighted by atomic mass is 9.96. The molecular weight excluding hydrogens is 300 g/mol. The Hall–Kier alpha value is -0.540. The van der Waals surface area contributed by atoms with E-state index >= 15 is 0 Å². The average Bonchev–Trinajstić information content (AvgIpc) is 2.60. The fourth-order valence-corrected chi connectivity index (χ4v) is 3.28. The Morgan fingerprint density at radius 1 is 1.32 bits per heavy atom. The predicted octanol–water partition coefficient (Wildman–Crippen LogP) is 4.43. The van der Waals surface area contributed by atoms with Crippen LogP contribution in [0.25, 0.3) is 0 Å². The van der Waals surface area contributed by atoms with Crippen LogP contribution in [-0.4, -0.2) is 18.0 Å². The van der Waals surface area contributed by atoms with E-state index in [1.54, 1.807) is 0 Å². The van der Waals surface area contributed by atoms with Gasteiger partial charge in [-0.2, -0.15) is 0 Å². The molecule has 1 aliphatic rings. The Bertz CT molecular complexity index is 406. The van der Waals surface area contributed by atoms with Crippen molar-refractivity contribution in [2.75, 3.05) is 18.8 Å². The second-order valence-electron chi connectivity index (χ2n) is 5.72. The molecule has 1 heterocycles. The monoisotopic (exact) mass is 324 g/mol. The summed E-state index contributed by atoms with van der Waals surface area (Å²) >= 11 is 3.45. The average molecular weight is 325 g/mol. The molecule has 1 aromatic carbocycles. The first-order valence-corrected chi connectivity index (χ1v) is 8.24. The van der Waals surface area contributed by atoms with Gasteiger partial charge in [0.25, 0.3) is 0 Å². The van der Waals surface area contributed by atoms with Gasteiger partial charge in [-0.05, 0) is 71.9 Å². The van der Waals surface area contributed by atoms with Crippen LogP contribution < -0.4 is 5.73 Å². The molecule has 0 amide bonds. The maximum atomic E-state index is 5.95. The summed E-state index contributed by atoms with van der Waals surface area (Å²) in [4.78, 5) is 2.58. The van der Waals surface area contributed by atoms with Gasteiger partial charge < -0.3 is 5.73 Å². The highest BCUT2D eigenvalue weighted by molar-refractivity contribution is 9.10. The number of benzene rings is 1. The van der Waals surface area contributed by atoms with Gasteiger partial charge in [0.15, 0.2) is 0 Å². The first-order valence-electron chi connectivity index (χ1n) is 7.45. The molecule has 2 N–H and O–H groups in total. The summed E-state index contributed by atoms with van der Waals surface area (Å²) < 4.78 is 0.995. The van der Waals surface area contributed by atoms with Gasteiger partial charge in [-0.1, -0.05) is 25.8 Å². The van der Waals surface area contributed by atoms with Crippen LogP contribution in [0.5, 0.6) is 0 Å². The van der Waals surface area contributed by atoms with Crippen molar-refractivity contribution in [2.24, 2.45) is 5.92 Å². The molecule has 0 aliphatic carbocycles. The molecule has 3 heteroatoms. The number of nitrogens with zero attached hydrogens (tertiary/aromatic N) is 1. The largest absolute Gasteiger partial charge is 0.398 e. The highest BCUT2D eigenvalue weighted by Crippen LogP contribution is 2.24. The Morgan fingerprint density at radius 3 is 2.89 bits per heavy atom. The van der Waals surface area contributed by atoms with Crippen LogP contribution in [0.1, 0.15) is 44.6 Å². The van der Waals surface area contributed by atoms with E-state index in [2.05, 4.69) is 46.0 Å². The molecule has 0 radical (unpaired) electrons. The smallest absolute Gasteiger partial charge is 0.0461 e. The summed E-state index contributed by atoms with van der Waals surface area (Å²) in [5.41, 5.74) is 8.12. The molecule has 2 nitrogen and oxygen atoms in total. The second-order valence-corrected chi connectivity index (χ2v) is 6.57. The van der Waals surface area contributed by atoms with E-state index in [0.29, 0.717) is 0 Å². The number of hydrogen-bond donors (Lipinski definition) is 1. The number of anilines is 1. The molecule has 1 aliphatic heterocycles. The molecule has 0 spiro atoms. The van der Waals surface area contributed by atoms with Crippen molar-refractivity contribution in [1.29, 1.82) is 0 Å². The number of rotatable bonds is 4. The normalized spacial score (nSPS) is 21.3. The third-order valence-electron chi connectivity index (χ3n) is 4.10. The summed E-state index contributed by atoms with van der Waals surface area (Å²) in [5.74, 6) is 0.949. The van der Waals surface area contributed by atoms with E-state index in [1.807, 2.05) is 0 Å². The van der Waals surface area contributed by atoms with E-state index in [4.69, 9.17) is 5.73 Å². The Labute approximate surface area is 125 Å². The fraction of sp³-hybridized carbons (Fsp3) is 0.625. The molecule has 19 heavy (non-hydrogen) atoms. The summed E-state index contributed by atoms with van der Waals surface area (Å²) in [7, 11) is 0. The van der Waals surface area contributed by atoms with Crippen molar-refractivity contribution in [3.05, 3.63) is 28.2 Å². The van der Waals surface area contributed by atoms with Gasteiger partial charge in [-0.15, -0.1) is 0 Å². The summed E-state index contributed by atoms with van der Waals surface area (Å²) in [6.07, 6.45) is 6.84. The van der Waals surface area contributed by atoms with Gasteiger partial charge in [0.1, 0.15) is 0 Å². The molecule has 1 aromatic rings. The van der Waals surface area contributed by atoms with Crippen LogP contribution in [-0.2, 0) is 6.54 Å². The minimum absolute atomic E-state index is 0.844. The maximum absolute atomic E-state index is 5.95. The number of halogens is 1. The van der Waals surface area contributed by atoms with Gasteiger partial charge >= 0.3 is 0 Å². The molecule has 106 valence electrons. The molecule has 0 saturated carbocycles. The second kappa shape index (κ2) is 7.30. The fourth-order valence-electron chi connectivity index (χ4n) is 3.03. The molecule has 2 rings (SSSR count). The quantitative estimate of drug-likeness (QED) is 0.830. The minimum atomic E-state index is 0.844. The third-order valence-corrected chi connectivity index (χ3v) is 4.83. The van der Waals surface area contributed by atoms with E-state index in [-0.39, 0.29) is 0 Å². The van der Waals surface area contributed by atoms with Gasteiger partial charge in [0.05, 0.1) is 0 Å². The standard InChI is InChI=1S/C16H25BrN2/c1-2-4-13-5-3-9-19(10-8-13)12-14-6-7-15(17)16(18)11-14/h6-7,11,13H,2-5,8-10,12,18H2,1H3. The summed E-state index contributed by atoms with van der Waals surface area (Å²) in [5, 5.41) is 0. The number of hydrogen-bond acceptors (Lipinski definition) is 2. The molecule has 1 saturated heterocycles. The molecule has 1 fully saturated rings. The zero-order valence-electron chi connectivity index (χ0n) is 11.9. The molecular formula is C16H25BrN2. The predicted molar refractivity (Wildman–Crippen MR) is 86.1 cm³/mol.